The second-order valence-corrected chi connectivity index (χ2v) is 7.88. The molecule has 134 valence electrons. The number of amides is 1. The van der Waals surface area contributed by atoms with Crippen molar-refractivity contribution in [3.05, 3.63) is 39.8 Å². The molecule has 25 heavy (non-hydrogen) atoms. The van der Waals surface area contributed by atoms with Crippen molar-refractivity contribution < 1.29 is 19.4 Å². The van der Waals surface area contributed by atoms with E-state index in [9.17, 15) is 9.59 Å². The minimum Gasteiger partial charge on any atom is -0.497 e. The predicted molar refractivity (Wildman–Crippen MR) is 98.7 cm³/mol. The molecule has 6 nitrogen and oxygen atoms in total. The van der Waals surface area contributed by atoms with Gasteiger partial charge in [0, 0.05) is 4.90 Å². The first-order valence-electron chi connectivity index (χ1n) is 7.63. The van der Waals surface area contributed by atoms with Crippen molar-refractivity contribution in [3.63, 3.8) is 0 Å². The Hall–Kier alpha value is -2.06. The molecule has 8 heteroatoms. The van der Waals surface area contributed by atoms with Gasteiger partial charge in [-0.25, -0.2) is 9.78 Å². The summed E-state index contributed by atoms with van der Waals surface area (Å²) in [5.41, 5.74) is 0.467. The fourth-order valence-corrected chi connectivity index (χ4v) is 3.89. The highest BCUT2D eigenvalue weighted by atomic mass is 32.2. The zero-order chi connectivity index (χ0) is 18.6. The smallest absolute Gasteiger partial charge is 0.347 e. The van der Waals surface area contributed by atoms with Gasteiger partial charge >= 0.3 is 5.97 Å². The number of ether oxygens (including phenoxy) is 1. The van der Waals surface area contributed by atoms with Gasteiger partial charge in [-0.15, -0.1) is 23.1 Å². The van der Waals surface area contributed by atoms with Gasteiger partial charge in [-0.2, -0.15) is 0 Å². The van der Waals surface area contributed by atoms with Crippen LogP contribution in [0.5, 0.6) is 5.75 Å². The maximum atomic E-state index is 12.4. The molecule has 0 aliphatic rings. The molecule has 0 fully saturated rings. The van der Waals surface area contributed by atoms with Crippen LogP contribution in [0.25, 0.3) is 0 Å². The third-order valence-corrected chi connectivity index (χ3v) is 5.92. The minimum atomic E-state index is -0.997. The van der Waals surface area contributed by atoms with Crippen molar-refractivity contribution in [1.29, 1.82) is 0 Å². The van der Waals surface area contributed by atoms with E-state index < -0.39 is 5.97 Å². The number of carboxylic acids is 1. The predicted octanol–water partition coefficient (Wildman–Crippen LogP) is 3.52. The zero-order valence-electron chi connectivity index (χ0n) is 14.4. The number of rotatable bonds is 7. The van der Waals surface area contributed by atoms with Gasteiger partial charge in [0.25, 0.3) is 0 Å². The van der Waals surface area contributed by atoms with Crippen molar-refractivity contribution >= 4 is 35.0 Å². The lowest BCUT2D eigenvalue weighted by Gasteiger charge is -2.16. The highest BCUT2D eigenvalue weighted by molar-refractivity contribution is 8.00. The topological polar surface area (TPSA) is 88.5 Å². The number of carbonyl (C=O) groups excluding carboxylic acids is 1. The van der Waals surface area contributed by atoms with E-state index in [0.29, 0.717) is 10.7 Å². The van der Waals surface area contributed by atoms with Crippen LogP contribution in [0.1, 0.15) is 40.3 Å². The Morgan fingerprint density at radius 3 is 2.44 bits per heavy atom. The molecule has 1 heterocycles. The molecule has 2 aromatic rings. The Labute approximate surface area is 154 Å². The molecule has 0 spiro atoms. The maximum Gasteiger partial charge on any atom is 0.347 e. The summed E-state index contributed by atoms with van der Waals surface area (Å²) < 4.78 is 5.12. The molecule has 1 amide bonds. The molecule has 0 saturated heterocycles. The van der Waals surface area contributed by atoms with Gasteiger partial charge in [0.2, 0.25) is 5.91 Å². The average molecular weight is 380 g/mol. The lowest BCUT2D eigenvalue weighted by atomic mass is 10.3. The molecular weight excluding hydrogens is 360 g/mol. The number of nitrogens with zero attached hydrogens (tertiary/aromatic N) is 1. The van der Waals surface area contributed by atoms with E-state index in [4.69, 9.17) is 9.84 Å². The first-order valence-corrected chi connectivity index (χ1v) is 9.33. The van der Waals surface area contributed by atoms with E-state index in [-0.39, 0.29) is 22.1 Å². The normalized spacial score (nSPS) is 13.1. The van der Waals surface area contributed by atoms with E-state index in [1.165, 1.54) is 11.8 Å². The quantitative estimate of drug-likeness (QED) is 0.715. The largest absolute Gasteiger partial charge is 0.497 e. The number of carboxylic acid groups (broad SMARTS) is 1. The molecule has 2 N–H and O–H groups in total. The van der Waals surface area contributed by atoms with Crippen LogP contribution in [0.15, 0.2) is 29.2 Å². The number of aromatic nitrogens is 1. The van der Waals surface area contributed by atoms with Gasteiger partial charge < -0.3 is 15.2 Å². The first kappa shape index (κ1) is 19.3. The Morgan fingerprint density at radius 2 is 1.92 bits per heavy atom. The van der Waals surface area contributed by atoms with Crippen molar-refractivity contribution in [1.82, 2.24) is 10.3 Å². The van der Waals surface area contributed by atoms with Crippen LogP contribution in [-0.4, -0.2) is 34.3 Å². The number of aromatic carboxylic acids is 1. The molecule has 0 aliphatic carbocycles. The van der Waals surface area contributed by atoms with Crippen molar-refractivity contribution in [2.45, 2.75) is 37.0 Å². The van der Waals surface area contributed by atoms with Crippen LogP contribution in [0.3, 0.4) is 0 Å². The molecule has 1 aromatic heterocycles. The van der Waals surface area contributed by atoms with Crippen LogP contribution in [0.2, 0.25) is 0 Å². The van der Waals surface area contributed by atoms with Gasteiger partial charge in [0.15, 0.2) is 0 Å². The molecular formula is C17H20N2O4S2. The van der Waals surface area contributed by atoms with Gasteiger partial charge in [-0.3, -0.25) is 4.79 Å². The number of thiazole rings is 1. The molecule has 2 rings (SSSR count). The molecule has 0 aliphatic heterocycles. The Balaban J connectivity index is 1.97. The van der Waals surface area contributed by atoms with Crippen molar-refractivity contribution in [2.75, 3.05) is 7.11 Å². The number of nitrogens with one attached hydrogen (secondary N) is 1. The number of carbonyl (C=O) groups is 2. The number of aryl methyl sites for hydroxylation is 1. The Kier molecular flexibility index (Phi) is 6.44. The van der Waals surface area contributed by atoms with E-state index in [2.05, 4.69) is 10.3 Å². The lowest BCUT2D eigenvalue weighted by Crippen LogP contribution is -2.33. The number of hydrogen-bond acceptors (Lipinski definition) is 6. The molecule has 2 unspecified atom stereocenters. The summed E-state index contributed by atoms with van der Waals surface area (Å²) in [5.74, 6) is -0.357. The number of hydrogen-bond donors (Lipinski definition) is 2. The van der Waals surface area contributed by atoms with Crippen LogP contribution in [-0.2, 0) is 4.79 Å². The van der Waals surface area contributed by atoms with E-state index >= 15 is 0 Å². The minimum absolute atomic E-state index is 0.127. The van der Waals surface area contributed by atoms with Crippen molar-refractivity contribution in [2.24, 2.45) is 0 Å². The highest BCUT2D eigenvalue weighted by Gasteiger charge is 2.21. The molecule has 0 bridgehead atoms. The summed E-state index contributed by atoms with van der Waals surface area (Å²) >= 11 is 2.53. The summed E-state index contributed by atoms with van der Waals surface area (Å²) in [5, 5.41) is 12.3. The number of thioether (sulfide) groups is 1. The van der Waals surface area contributed by atoms with Crippen LogP contribution >= 0.6 is 23.1 Å². The second-order valence-electron chi connectivity index (χ2n) is 5.44. The van der Waals surface area contributed by atoms with Gasteiger partial charge in [-0.1, -0.05) is 0 Å². The molecule has 1 aromatic carbocycles. The second kappa shape index (κ2) is 8.35. The Morgan fingerprint density at radius 1 is 1.28 bits per heavy atom. The van der Waals surface area contributed by atoms with E-state index in [1.54, 1.807) is 21.0 Å². The summed E-state index contributed by atoms with van der Waals surface area (Å²) in [4.78, 5) is 28.9. The standard InChI is InChI=1S/C17H20N2O4S2/c1-9-14(17(21)22)25-16(19-9)10(2)18-15(20)11(3)24-13-7-5-12(23-4)6-8-13/h5-8,10-11H,1-4H3,(H,18,20)(H,21,22). The van der Waals surface area contributed by atoms with Crippen LogP contribution in [0.4, 0.5) is 0 Å². The van der Waals surface area contributed by atoms with E-state index in [1.807, 2.05) is 31.2 Å². The van der Waals surface area contributed by atoms with Gasteiger partial charge in [0.05, 0.1) is 24.1 Å². The fourth-order valence-electron chi connectivity index (χ4n) is 2.11. The number of benzene rings is 1. The molecule has 2 atom stereocenters. The third-order valence-electron chi connectivity index (χ3n) is 3.48. The fraction of sp³-hybridized carbons (Fsp3) is 0.353. The van der Waals surface area contributed by atoms with Crippen molar-refractivity contribution in [3.8, 4) is 5.75 Å². The van der Waals surface area contributed by atoms with Gasteiger partial charge in [0.1, 0.15) is 15.6 Å². The molecule has 0 radical (unpaired) electrons. The highest BCUT2D eigenvalue weighted by Crippen LogP contribution is 2.27. The SMILES string of the molecule is COc1ccc(SC(C)C(=O)NC(C)c2nc(C)c(C(=O)O)s2)cc1. The van der Waals surface area contributed by atoms with Crippen LogP contribution < -0.4 is 10.1 Å². The lowest BCUT2D eigenvalue weighted by molar-refractivity contribution is -0.120. The van der Waals surface area contributed by atoms with Crippen LogP contribution in [0, 0.1) is 6.92 Å². The summed E-state index contributed by atoms with van der Waals surface area (Å²) in [6.45, 7) is 5.28. The third kappa shape index (κ3) is 4.96. The molecule has 0 saturated carbocycles. The number of methoxy groups -OCH3 is 1. The first-order chi connectivity index (χ1) is 11.8. The van der Waals surface area contributed by atoms with Gasteiger partial charge in [-0.05, 0) is 45.0 Å². The summed E-state index contributed by atoms with van der Waals surface area (Å²) in [7, 11) is 1.61. The maximum absolute atomic E-state index is 12.4. The summed E-state index contributed by atoms with van der Waals surface area (Å²) in [6.07, 6.45) is 0. The van der Waals surface area contributed by atoms with E-state index in [0.717, 1.165) is 22.0 Å². The summed E-state index contributed by atoms with van der Waals surface area (Å²) in [6, 6.07) is 7.16. The monoisotopic (exact) mass is 380 g/mol. The zero-order valence-corrected chi connectivity index (χ0v) is 16.0. The Bertz CT molecular complexity index is 759. The average Bonchev–Trinajstić information content (AvgIpc) is 2.97.